The molecule has 0 amide bonds. The summed E-state index contributed by atoms with van der Waals surface area (Å²) < 4.78 is 28.2. The van der Waals surface area contributed by atoms with Crippen molar-refractivity contribution in [3.63, 3.8) is 0 Å². The van der Waals surface area contributed by atoms with Gasteiger partial charge in [-0.2, -0.15) is 0 Å². The van der Waals surface area contributed by atoms with Gasteiger partial charge in [-0.25, -0.2) is 13.2 Å². The third kappa shape index (κ3) is 5.23. The number of carboxylic acids is 1. The van der Waals surface area contributed by atoms with Gasteiger partial charge in [0.2, 0.25) is 0 Å². The van der Waals surface area contributed by atoms with Gasteiger partial charge in [0.15, 0.2) is 0 Å². The Balaban J connectivity index is 1.75. The van der Waals surface area contributed by atoms with Crippen LogP contribution in [0.2, 0.25) is 0 Å². The van der Waals surface area contributed by atoms with E-state index in [2.05, 4.69) is 4.72 Å². The molecule has 0 saturated carbocycles. The lowest BCUT2D eigenvalue weighted by Crippen LogP contribution is -2.14. The summed E-state index contributed by atoms with van der Waals surface area (Å²) >= 11 is 0. The number of hydrogen-bond acceptors (Lipinski definition) is 3. The van der Waals surface area contributed by atoms with Crippen LogP contribution in [-0.4, -0.2) is 19.5 Å². The van der Waals surface area contributed by atoms with Crippen molar-refractivity contribution >= 4 is 21.7 Å². The first-order valence-corrected chi connectivity index (χ1v) is 10.9. The number of anilines is 1. The largest absolute Gasteiger partial charge is 0.478 e. The molecular weight excluding hydrogens is 386 g/mol. The molecule has 150 valence electrons. The Bertz CT molecular complexity index is 1090. The molecule has 0 heterocycles. The van der Waals surface area contributed by atoms with Crippen LogP contribution in [0.5, 0.6) is 0 Å². The predicted molar refractivity (Wildman–Crippen MR) is 114 cm³/mol. The van der Waals surface area contributed by atoms with E-state index in [1.54, 1.807) is 48.5 Å². The Labute approximate surface area is 171 Å². The van der Waals surface area contributed by atoms with Gasteiger partial charge in [-0.3, -0.25) is 4.72 Å². The molecule has 0 fully saturated rings. The van der Waals surface area contributed by atoms with E-state index in [1.165, 1.54) is 0 Å². The van der Waals surface area contributed by atoms with Gasteiger partial charge in [0.1, 0.15) is 0 Å². The third-order valence-corrected chi connectivity index (χ3v) is 6.17. The lowest BCUT2D eigenvalue weighted by molar-refractivity contribution is 0.0697. The van der Waals surface area contributed by atoms with Crippen molar-refractivity contribution in [1.29, 1.82) is 0 Å². The van der Waals surface area contributed by atoms with Crippen molar-refractivity contribution in [3.8, 4) is 0 Å². The molecular formula is C23H23NO4S. The minimum Gasteiger partial charge on any atom is -0.478 e. The van der Waals surface area contributed by atoms with E-state index in [0.717, 1.165) is 23.1 Å². The van der Waals surface area contributed by atoms with Crippen LogP contribution >= 0.6 is 0 Å². The Morgan fingerprint density at radius 1 is 0.862 bits per heavy atom. The van der Waals surface area contributed by atoms with Crippen molar-refractivity contribution < 1.29 is 18.3 Å². The second kappa shape index (κ2) is 8.92. The molecule has 0 spiro atoms. The van der Waals surface area contributed by atoms with E-state index in [1.807, 2.05) is 31.2 Å². The lowest BCUT2D eigenvalue weighted by atomic mass is 10.0. The van der Waals surface area contributed by atoms with E-state index in [0.29, 0.717) is 18.5 Å². The summed E-state index contributed by atoms with van der Waals surface area (Å²) in [7, 11) is -3.67. The number of rotatable bonds is 8. The maximum atomic E-state index is 12.8. The van der Waals surface area contributed by atoms with E-state index in [4.69, 9.17) is 5.11 Å². The summed E-state index contributed by atoms with van der Waals surface area (Å²) in [6.45, 7) is 2.02. The van der Waals surface area contributed by atoms with E-state index in [9.17, 15) is 13.2 Å². The zero-order chi connectivity index (χ0) is 20.9. The fourth-order valence-corrected chi connectivity index (χ4v) is 4.14. The van der Waals surface area contributed by atoms with Gasteiger partial charge in [-0.15, -0.1) is 0 Å². The molecule has 2 N–H and O–H groups in total. The fourth-order valence-electron chi connectivity index (χ4n) is 3.04. The number of carbonyl (C=O) groups is 1. The topological polar surface area (TPSA) is 83.5 Å². The minimum atomic E-state index is -3.67. The van der Waals surface area contributed by atoms with Crippen molar-refractivity contribution in [2.24, 2.45) is 0 Å². The summed E-state index contributed by atoms with van der Waals surface area (Å²) in [5, 5.41) is 8.99. The average Bonchev–Trinajstić information content (AvgIpc) is 2.73. The molecule has 0 aliphatic heterocycles. The van der Waals surface area contributed by atoms with Crippen LogP contribution in [0.4, 0.5) is 5.69 Å². The van der Waals surface area contributed by atoms with Crippen LogP contribution in [0, 0.1) is 0 Å². The quantitative estimate of drug-likeness (QED) is 0.572. The number of para-hydroxylation sites is 1. The van der Waals surface area contributed by atoms with Crippen molar-refractivity contribution in [3.05, 3.63) is 95.1 Å². The molecule has 3 rings (SSSR count). The maximum Gasteiger partial charge on any atom is 0.335 e. The van der Waals surface area contributed by atoms with Crippen LogP contribution in [0.15, 0.2) is 77.7 Å². The Morgan fingerprint density at radius 3 is 2.10 bits per heavy atom. The van der Waals surface area contributed by atoms with Gasteiger partial charge in [-0.1, -0.05) is 49.4 Å². The zero-order valence-electron chi connectivity index (χ0n) is 16.1. The Morgan fingerprint density at radius 2 is 1.48 bits per heavy atom. The van der Waals surface area contributed by atoms with Crippen molar-refractivity contribution in [1.82, 2.24) is 0 Å². The number of hydrogen-bond donors (Lipinski definition) is 2. The number of aromatic carboxylic acids is 1. The van der Waals surface area contributed by atoms with Gasteiger partial charge in [0, 0.05) is 0 Å². The zero-order valence-corrected chi connectivity index (χ0v) is 16.9. The smallest absolute Gasteiger partial charge is 0.335 e. The molecule has 29 heavy (non-hydrogen) atoms. The number of benzene rings is 3. The van der Waals surface area contributed by atoms with Crippen LogP contribution in [0.25, 0.3) is 0 Å². The summed E-state index contributed by atoms with van der Waals surface area (Å²) in [6.07, 6.45) is 2.15. The first-order valence-electron chi connectivity index (χ1n) is 9.41. The highest BCUT2D eigenvalue weighted by atomic mass is 32.2. The van der Waals surface area contributed by atoms with E-state index < -0.39 is 16.0 Å². The number of sulfonamides is 1. The number of carboxylic acid groups (broad SMARTS) is 1. The lowest BCUT2D eigenvalue weighted by Gasteiger charge is -2.13. The predicted octanol–water partition coefficient (Wildman–Crippen LogP) is 4.53. The number of aryl methyl sites for hydroxylation is 3. The van der Waals surface area contributed by atoms with Crippen LogP contribution in [0.3, 0.4) is 0 Å². The highest BCUT2D eigenvalue weighted by molar-refractivity contribution is 7.92. The molecule has 0 aliphatic carbocycles. The second-order valence-corrected chi connectivity index (χ2v) is 8.44. The van der Waals surface area contributed by atoms with E-state index >= 15 is 0 Å². The first-order chi connectivity index (χ1) is 13.9. The highest BCUT2D eigenvalue weighted by Gasteiger charge is 2.16. The molecule has 0 unspecified atom stereocenters. The van der Waals surface area contributed by atoms with Gasteiger partial charge in [0.25, 0.3) is 10.0 Å². The van der Waals surface area contributed by atoms with Gasteiger partial charge >= 0.3 is 5.97 Å². The molecule has 3 aromatic carbocycles. The normalized spacial score (nSPS) is 11.2. The minimum absolute atomic E-state index is 0.230. The van der Waals surface area contributed by atoms with Crippen molar-refractivity contribution in [2.75, 3.05) is 4.72 Å². The van der Waals surface area contributed by atoms with E-state index in [-0.39, 0.29) is 10.5 Å². The van der Waals surface area contributed by atoms with Gasteiger partial charge in [-0.05, 0) is 66.3 Å². The Kier molecular flexibility index (Phi) is 6.34. The Hall–Kier alpha value is -3.12. The van der Waals surface area contributed by atoms with Gasteiger partial charge < -0.3 is 5.11 Å². The fraction of sp³-hybridized carbons (Fsp3) is 0.174. The second-order valence-electron chi connectivity index (χ2n) is 6.76. The maximum absolute atomic E-state index is 12.8. The SMILES string of the molecule is CCc1ccc(S(=O)(=O)Nc2ccccc2CCc2ccc(C(=O)O)cc2)cc1. The number of nitrogens with one attached hydrogen (secondary N) is 1. The average molecular weight is 410 g/mol. The molecule has 5 nitrogen and oxygen atoms in total. The molecule has 0 aliphatic rings. The van der Waals surface area contributed by atoms with Gasteiger partial charge in [0.05, 0.1) is 16.1 Å². The molecule has 0 radical (unpaired) electrons. The highest BCUT2D eigenvalue weighted by Crippen LogP contribution is 2.22. The molecule has 0 aromatic heterocycles. The summed E-state index contributed by atoms with van der Waals surface area (Å²) in [4.78, 5) is 11.2. The summed E-state index contributed by atoms with van der Waals surface area (Å²) in [5.41, 5.74) is 3.75. The summed E-state index contributed by atoms with van der Waals surface area (Å²) in [5.74, 6) is -0.955. The molecule has 0 bridgehead atoms. The first kappa shape index (κ1) is 20.6. The molecule has 0 saturated heterocycles. The molecule has 6 heteroatoms. The third-order valence-electron chi connectivity index (χ3n) is 4.79. The van der Waals surface area contributed by atoms with Crippen LogP contribution in [-0.2, 0) is 29.3 Å². The molecule has 3 aromatic rings. The summed E-state index contributed by atoms with van der Waals surface area (Å²) in [6, 6.07) is 20.9. The molecule has 0 atom stereocenters. The van der Waals surface area contributed by atoms with Crippen molar-refractivity contribution in [2.45, 2.75) is 31.1 Å². The van der Waals surface area contributed by atoms with Crippen LogP contribution < -0.4 is 4.72 Å². The monoisotopic (exact) mass is 409 g/mol. The standard InChI is InChI=1S/C23H23NO4S/c1-2-17-10-15-21(16-11-17)29(27,28)24-22-6-4-3-5-19(22)12-7-18-8-13-20(14-9-18)23(25)26/h3-6,8-11,13-16,24H,2,7,12H2,1H3,(H,25,26). The van der Waals surface area contributed by atoms with Crippen LogP contribution in [0.1, 0.15) is 34.0 Å².